The van der Waals surface area contributed by atoms with E-state index in [2.05, 4.69) is 13.8 Å². The van der Waals surface area contributed by atoms with E-state index in [1.807, 2.05) is 13.8 Å². The third-order valence-electron chi connectivity index (χ3n) is 2.79. The molecule has 1 unspecified atom stereocenters. The van der Waals surface area contributed by atoms with E-state index in [0.29, 0.717) is 12.5 Å². The topological polar surface area (TPSA) is 26.3 Å². The zero-order valence-electron chi connectivity index (χ0n) is 10.7. The highest BCUT2D eigenvalue weighted by Crippen LogP contribution is 2.12. The number of hydrogen-bond donors (Lipinski definition) is 0. The zero-order valence-corrected chi connectivity index (χ0v) is 10.7. The van der Waals surface area contributed by atoms with Crippen LogP contribution < -0.4 is 0 Å². The van der Waals surface area contributed by atoms with Gasteiger partial charge in [-0.15, -0.1) is 0 Å². The van der Waals surface area contributed by atoms with Crippen LogP contribution in [-0.4, -0.2) is 19.0 Å². The fourth-order valence-corrected chi connectivity index (χ4v) is 1.39. The van der Waals surface area contributed by atoms with Crippen LogP contribution in [0.5, 0.6) is 0 Å². The van der Waals surface area contributed by atoms with E-state index < -0.39 is 0 Å². The molecular weight excluding hydrogens is 188 g/mol. The summed E-state index contributed by atoms with van der Waals surface area (Å²) in [7, 11) is 0. The third-order valence-corrected chi connectivity index (χ3v) is 2.79. The van der Waals surface area contributed by atoms with Gasteiger partial charge < -0.3 is 4.74 Å². The van der Waals surface area contributed by atoms with Crippen molar-refractivity contribution in [3.8, 4) is 0 Å². The normalized spacial score (nSPS) is 13.1. The Labute approximate surface area is 94.4 Å². The van der Waals surface area contributed by atoms with Gasteiger partial charge in [0.1, 0.15) is 6.61 Å². The molecule has 0 aromatic carbocycles. The Bertz CT molecular complexity index is 164. The van der Waals surface area contributed by atoms with Crippen molar-refractivity contribution in [2.75, 3.05) is 13.2 Å². The van der Waals surface area contributed by atoms with Crippen molar-refractivity contribution in [3.05, 3.63) is 0 Å². The molecule has 2 heteroatoms. The molecule has 15 heavy (non-hydrogen) atoms. The van der Waals surface area contributed by atoms with Crippen molar-refractivity contribution in [1.82, 2.24) is 0 Å². The maximum absolute atomic E-state index is 11.3. The second-order valence-corrected chi connectivity index (χ2v) is 4.55. The zero-order chi connectivity index (χ0) is 11.7. The fraction of sp³-hybridized carbons (Fsp3) is 0.923. The molecule has 2 nitrogen and oxygen atoms in total. The molecule has 0 bridgehead atoms. The summed E-state index contributed by atoms with van der Waals surface area (Å²) in [6.07, 6.45) is 4.88. The van der Waals surface area contributed by atoms with Gasteiger partial charge in [0.05, 0.1) is 0 Å². The molecule has 0 radical (unpaired) electrons. The summed E-state index contributed by atoms with van der Waals surface area (Å²) in [4.78, 5) is 11.3. The molecule has 1 atom stereocenters. The first-order chi connectivity index (χ1) is 7.11. The molecule has 0 aliphatic carbocycles. The Hall–Kier alpha value is -0.370. The summed E-state index contributed by atoms with van der Waals surface area (Å²) in [6, 6.07) is 0. The van der Waals surface area contributed by atoms with E-state index in [4.69, 9.17) is 4.74 Å². The van der Waals surface area contributed by atoms with Gasteiger partial charge in [0.25, 0.3) is 0 Å². The highest BCUT2D eigenvalue weighted by Gasteiger charge is 2.10. The van der Waals surface area contributed by atoms with Gasteiger partial charge in [-0.2, -0.15) is 0 Å². The Morgan fingerprint density at radius 3 is 2.40 bits per heavy atom. The summed E-state index contributed by atoms with van der Waals surface area (Å²) in [5.74, 6) is 0.936. The Morgan fingerprint density at radius 1 is 1.27 bits per heavy atom. The molecule has 0 fully saturated rings. The highest BCUT2D eigenvalue weighted by molar-refractivity contribution is 5.81. The van der Waals surface area contributed by atoms with Crippen LogP contribution in [0.25, 0.3) is 0 Å². The largest absolute Gasteiger partial charge is 0.373 e. The molecule has 0 rings (SSSR count). The number of carbonyl (C=O) groups excluding carboxylic acids is 1. The third kappa shape index (κ3) is 7.55. The average molecular weight is 214 g/mol. The van der Waals surface area contributed by atoms with E-state index in [1.165, 1.54) is 19.3 Å². The number of ketones is 1. The van der Waals surface area contributed by atoms with Gasteiger partial charge in [-0.1, -0.05) is 47.0 Å². The van der Waals surface area contributed by atoms with E-state index in [9.17, 15) is 4.79 Å². The number of Topliss-reactive ketones (excluding diaryl/α,β-unsaturated/α-hetero) is 1. The maximum Gasteiger partial charge on any atom is 0.160 e. The molecule has 90 valence electrons. The van der Waals surface area contributed by atoms with Crippen LogP contribution in [0.2, 0.25) is 0 Å². The van der Waals surface area contributed by atoms with Crippen molar-refractivity contribution in [2.24, 2.45) is 11.8 Å². The van der Waals surface area contributed by atoms with Crippen LogP contribution in [0, 0.1) is 11.8 Å². The smallest absolute Gasteiger partial charge is 0.160 e. The van der Waals surface area contributed by atoms with Gasteiger partial charge in [0.15, 0.2) is 5.78 Å². The first kappa shape index (κ1) is 14.6. The number of hydrogen-bond acceptors (Lipinski definition) is 2. The molecule has 0 aliphatic heterocycles. The molecule has 0 N–H and O–H groups in total. The fourth-order valence-electron chi connectivity index (χ4n) is 1.39. The minimum atomic E-state index is 0.0979. The lowest BCUT2D eigenvalue weighted by molar-refractivity contribution is -0.127. The number of rotatable bonds is 9. The highest BCUT2D eigenvalue weighted by atomic mass is 16.5. The molecule has 0 spiro atoms. The van der Waals surface area contributed by atoms with Crippen LogP contribution in [0.15, 0.2) is 0 Å². The quantitative estimate of drug-likeness (QED) is 0.587. The van der Waals surface area contributed by atoms with Gasteiger partial charge >= 0.3 is 0 Å². The first-order valence-electron chi connectivity index (χ1n) is 6.22. The summed E-state index contributed by atoms with van der Waals surface area (Å²) in [5, 5.41) is 0. The van der Waals surface area contributed by atoms with Crippen LogP contribution in [0.3, 0.4) is 0 Å². The summed E-state index contributed by atoms with van der Waals surface area (Å²) in [6.45, 7) is 9.26. The molecule has 0 amide bonds. The van der Waals surface area contributed by atoms with Crippen molar-refractivity contribution >= 4 is 5.78 Å². The first-order valence-corrected chi connectivity index (χ1v) is 6.22. The minimum Gasteiger partial charge on any atom is -0.373 e. The minimum absolute atomic E-state index is 0.0979. The second kappa shape index (κ2) is 8.90. The average Bonchev–Trinajstić information content (AvgIpc) is 2.22. The lowest BCUT2D eigenvalue weighted by Crippen LogP contribution is -2.18. The molecule has 0 aliphatic rings. The van der Waals surface area contributed by atoms with Gasteiger partial charge in [-0.25, -0.2) is 0 Å². The number of carbonyl (C=O) groups is 1. The van der Waals surface area contributed by atoms with E-state index >= 15 is 0 Å². The molecule has 0 aromatic heterocycles. The van der Waals surface area contributed by atoms with Gasteiger partial charge in [-0.3, -0.25) is 4.79 Å². The summed E-state index contributed by atoms with van der Waals surface area (Å²) < 4.78 is 5.46. The SMILES string of the molecule is CCCCC(CC)COCC(=O)C(C)C. The molecule has 0 aromatic rings. The van der Waals surface area contributed by atoms with Crippen LogP contribution in [-0.2, 0) is 9.53 Å². The maximum atomic E-state index is 11.3. The molecule has 0 heterocycles. The van der Waals surface area contributed by atoms with Gasteiger partial charge in [-0.05, 0) is 12.3 Å². The Kier molecular flexibility index (Phi) is 8.68. The Balaban J connectivity index is 3.58. The van der Waals surface area contributed by atoms with E-state index in [1.54, 1.807) is 0 Å². The van der Waals surface area contributed by atoms with Crippen molar-refractivity contribution in [2.45, 2.75) is 53.4 Å². The van der Waals surface area contributed by atoms with Crippen LogP contribution >= 0.6 is 0 Å². The van der Waals surface area contributed by atoms with Crippen molar-refractivity contribution < 1.29 is 9.53 Å². The standard InChI is InChI=1S/C13H26O2/c1-5-7-8-12(6-2)9-15-10-13(14)11(3)4/h11-12H,5-10H2,1-4H3. The molecule has 0 saturated carbocycles. The predicted molar refractivity (Wildman–Crippen MR) is 64.0 cm³/mol. The summed E-state index contributed by atoms with van der Waals surface area (Å²) >= 11 is 0. The lowest BCUT2D eigenvalue weighted by atomic mass is 10.0. The van der Waals surface area contributed by atoms with Gasteiger partial charge in [0, 0.05) is 12.5 Å². The molecular formula is C13H26O2. The number of ether oxygens (including phenoxy) is 1. The second-order valence-electron chi connectivity index (χ2n) is 4.55. The van der Waals surface area contributed by atoms with Crippen LogP contribution in [0.1, 0.15) is 53.4 Å². The summed E-state index contributed by atoms with van der Waals surface area (Å²) in [5.41, 5.74) is 0. The lowest BCUT2D eigenvalue weighted by Gasteiger charge is -2.14. The predicted octanol–water partition coefficient (Wildman–Crippen LogP) is 3.44. The van der Waals surface area contributed by atoms with Crippen molar-refractivity contribution in [3.63, 3.8) is 0 Å². The molecule has 0 saturated heterocycles. The number of unbranched alkanes of at least 4 members (excludes halogenated alkanes) is 1. The van der Waals surface area contributed by atoms with Crippen molar-refractivity contribution in [1.29, 1.82) is 0 Å². The Morgan fingerprint density at radius 2 is 1.93 bits per heavy atom. The van der Waals surface area contributed by atoms with E-state index in [0.717, 1.165) is 13.0 Å². The van der Waals surface area contributed by atoms with Crippen LogP contribution in [0.4, 0.5) is 0 Å². The monoisotopic (exact) mass is 214 g/mol. The van der Waals surface area contributed by atoms with E-state index in [-0.39, 0.29) is 11.7 Å². The van der Waals surface area contributed by atoms with Gasteiger partial charge in [0.2, 0.25) is 0 Å².